The van der Waals surface area contributed by atoms with Crippen molar-refractivity contribution in [2.24, 2.45) is 11.8 Å². The lowest BCUT2D eigenvalue weighted by Gasteiger charge is -2.12. The Labute approximate surface area is 219 Å². The van der Waals surface area contributed by atoms with Crippen LogP contribution in [0.25, 0.3) is 0 Å². The molecule has 0 unspecified atom stereocenters. The van der Waals surface area contributed by atoms with Crippen LogP contribution in [0.1, 0.15) is 86.8 Å². The monoisotopic (exact) mass is 496 g/mol. The fourth-order valence-electron chi connectivity index (χ4n) is 3.65. The molecule has 200 valence electrons. The van der Waals surface area contributed by atoms with Crippen LogP contribution in [0.5, 0.6) is 0 Å². The maximum absolute atomic E-state index is 11.8. The van der Waals surface area contributed by atoms with Gasteiger partial charge >= 0.3 is 11.9 Å². The highest BCUT2D eigenvalue weighted by Crippen LogP contribution is 2.16. The predicted octanol–water partition coefficient (Wildman–Crippen LogP) is 7.65. The molecule has 0 aliphatic rings. The van der Waals surface area contributed by atoms with Crippen LogP contribution in [0.15, 0.2) is 36.4 Å². The molecule has 0 aliphatic heterocycles. The van der Waals surface area contributed by atoms with Gasteiger partial charge in [-0.05, 0) is 86.8 Å². The minimum Gasteiger partial charge on any atom is -0.465 e. The Hall–Kier alpha value is -2.62. The Morgan fingerprint density at radius 3 is 1.31 bits per heavy atom. The molecule has 0 radical (unpaired) electrons. The quantitative estimate of drug-likeness (QED) is 0.224. The fourth-order valence-corrected chi connectivity index (χ4v) is 3.65. The van der Waals surface area contributed by atoms with E-state index in [2.05, 4.69) is 77.9 Å². The Bertz CT molecular complexity index is 870. The summed E-state index contributed by atoms with van der Waals surface area (Å²) in [6.07, 6.45) is 5.51. The Morgan fingerprint density at radius 1 is 0.639 bits per heavy atom. The highest BCUT2D eigenvalue weighted by atomic mass is 16.5. The van der Waals surface area contributed by atoms with Gasteiger partial charge in [-0.2, -0.15) is 0 Å². The highest BCUT2D eigenvalue weighted by molar-refractivity contribution is 5.72. The molecule has 0 spiro atoms. The topological polar surface area (TPSA) is 52.6 Å². The third-order valence-electron chi connectivity index (χ3n) is 6.52. The predicted molar refractivity (Wildman–Crippen MR) is 149 cm³/mol. The van der Waals surface area contributed by atoms with E-state index in [9.17, 15) is 9.59 Å². The molecule has 0 aromatic heterocycles. The lowest BCUT2D eigenvalue weighted by atomic mass is 9.98. The average Bonchev–Trinajstić information content (AvgIpc) is 2.84. The number of carbonyl (C=O) groups is 2. The first-order chi connectivity index (χ1) is 17.1. The molecule has 0 saturated carbocycles. The average molecular weight is 497 g/mol. The van der Waals surface area contributed by atoms with Gasteiger partial charge < -0.3 is 9.47 Å². The lowest BCUT2D eigenvalue weighted by Crippen LogP contribution is -2.17. The van der Waals surface area contributed by atoms with E-state index in [4.69, 9.17) is 9.47 Å². The minimum absolute atomic E-state index is 0.0658. The number of unbranched alkanes of at least 4 members (excludes halogenated alkanes) is 2. The largest absolute Gasteiger partial charge is 0.465 e. The summed E-state index contributed by atoms with van der Waals surface area (Å²) in [5.41, 5.74) is 7.54. The second-order valence-corrected chi connectivity index (χ2v) is 10.1. The van der Waals surface area contributed by atoms with Gasteiger partial charge in [-0.1, -0.05) is 76.9 Å². The maximum atomic E-state index is 11.8. The van der Waals surface area contributed by atoms with Crippen LogP contribution < -0.4 is 0 Å². The number of hydrogen-bond acceptors (Lipinski definition) is 4. The van der Waals surface area contributed by atoms with Crippen LogP contribution in [0, 0.1) is 39.5 Å². The van der Waals surface area contributed by atoms with E-state index in [-0.39, 0.29) is 23.8 Å². The van der Waals surface area contributed by atoms with E-state index >= 15 is 0 Å². The molecule has 0 N–H and O–H groups in total. The number of hydrogen-bond donors (Lipinski definition) is 0. The molecule has 36 heavy (non-hydrogen) atoms. The maximum Gasteiger partial charge on any atom is 0.308 e. The number of aryl methyl sites for hydroxylation is 4. The summed E-state index contributed by atoms with van der Waals surface area (Å²) in [7, 11) is 0. The smallest absolute Gasteiger partial charge is 0.308 e. The fraction of sp³-hybridized carbons (Fsp3) is 0.562. The number of esters is 2. The molecule has 4 heteroatoms. The summed E-state index contributed by atoms with van der Waals surface area (Å²) >= 11 is 0. The van der Waals surface area contributed by atoms with E-state index in [1.165, 1.54) is 33.4 Å². The van der Waals surface area contributed by atoms with Gasteiger partial charge in [0.05, 0.1) is 25.0 Å². The lowest BCUT2D eigenvalue weighted by molar-refractivity contribution is -0.148. The number of rotatable bonds is 12. The summed E-state index contributed by atoms with van der Waals surface area (Å²) in [6.45, 7) is 17.5. The van der Waals surface area contributed by atoms with Gasteiger partial charge in [-0.3, -0.25) is 9.59 Å². The van der Waals surface area contributed by atoms with Crippen molar-refractivity contribution in [3.8, 4) is 0 Å². The normalized spacial score (nSPS) is 12.2. The SMILES string of the molecule is CCCCOC(=O)[C@@H](C)Cc1ccc(C)c(C)c1.CCCCOC(=O)[C@@H](C)Cc1ccc(C)c(C)c1. The van der Waals surface area contributed by atoms with Gasteiger partial charge in [0.25, 0.3) is 0 Å². The molecule has 0 bridgehead atoms. The summed E-state index contributed by atoms with van der Waals surface area (Å²) in [4.78, 5) is 23.5. The minimum atomic E-state index is -0.0818. The van der Waals surface area contributed by atoms with Crippen LogP contribution in [0.4, 0.5) is 0 Å². The summed E-state index contributed by atoms with van der Waals surface area (Å²) in [6, 6.07) is 12.7. The van der Waals surface area contributed by atoms with Gasteiger partial charge in [-0.25, -0.2) is 0 Å². The van der Waals surface area contributed by atoms with Crippen molar-refractivity contribution in [1.82, 2.24) is 0 Å². The van der Waals surface area contributed by atoms with Crippen LogP contribution in [0.2, 0.25) is 0 Å². The zero-order chi connectivity index (χ0) is 27.1. The second kappa shape index (κ2) is 16.9. The molecule has 4 nitrogen and oxygen atoms in total. The van der Waals surface area contributed by atoms with Crippen molar-refractivity contribution in [2.45, 2.75) is 93.9 Å². The summed E-state index contributed by atoms with van der Waals surface area (Å²) in [5.74, 6) is -0.295. The zero-order valence-corrected chi connectivity index (χ0v) is 23.9. The Kier molecular flexibility index (Phi) is 14.8. The van der Waals surface area contributed by atoms with Crippen LogP contribution >= 0.6 is 0 Å². The number of benzene rings is 2. The van der Waals surface area contributed by atoms with Gasteiger partial charge in [0.2, 0.25) is 0 Å². The van der Waals surface area contributed by atoms with Crippen molar-refractivity contribution < 1.29 is 19.1 Å². The number of carbonyl (C=O) groups excluding carboxylic acids is 2. The molecule has 0 aliphatic carbocycles. The van der Waals surface area contributed by atoms with E-state index in [0.29, 0.717) is 13.2 Å². The molecular formula is C32H48O4. The van der Waals surface area contributed by atoms with Crippen molar-refractivity contribution >= 4 is 11.9 Å². The third kappa shape index (κ3) is 11.9. The van der Waals surface area contributed by atoms with Crippen molar-refractivity contribution in [1.29, 1.82) is 0 Å². The standard InChI is InChI=1S/2C16H24O2/c2*1-5-6-9-18-16(17)14(4)11-15-8-7-12(2)13(3)10-15/h2*7-8,10,14H,5-6,9,11H2,1-4H3/t2*14-/m00/s1. The van der Waals surface area contributed by atoms with E-state index < -0.39 is 0 Å². The van der Waals surface area contributed by atoms with Crippen LogP contribution in [0.3, 0.4) is 0 Å². The van der Waals surface area contributed by atoms with E-state index in [1.54, 1.807) is 0 Å². The molecule has 2 rings (SSSR count). The Morgan fingerprint density at radius 2 is 1.00 bits per heavy atom. The first kappa shape index (κ1) is 31.4. The van der Waals surface area contributed by atoms with Gasteiger partial charge in [0, 0.05) is 0 Å². The first-order valence-electron chi connectivity index (χ1n) is 13.5. The van der Waals surface area contributed by atoms with Crippen LogP contribution in [-0.2, 0) is 31.9 Å². The van der Waals surface area contributed by atoms with Gasteiger partial charge in [-0.15, -0.1) is 0 Å². The highest BCUT2D eigenvalue weighted by Gasteiger charge is 2.16. The van der Waals surface area contributed by atoms with Gasteiger partial charge in [0.15, 0.2) is 0 Å². The van der Waals surface area contributed by atoms with Crippen molar-refractivity contribution in [2.75, 3.05) is 13.2 Å². The molecule has 0 fully saturated rings. The molecule has 2 atom stereocenters. The van der Waals surface area contributed by atoms with E-state index in [1.807, 2.05) is 13.8 Å². The van der Waals surface area contributed by atoms with Crippen molar-refractivity contribution in [3.63, 3.8) is 0 Å². The summed E-state index contributed by atoms with van der Waals surface area (Å²) in [5, 5.41) is 0. The zero-order valence-electron chi connectivity index (χ0n) is 23.9. The molecule has 0 amide bonds. The summed E-state index contributed by atoms with van der Waals surface area (Å²) < 4.78 is 10.5. The van der Waals surface area contributed by atoms with Gasteiger partial charge in [0.1, 0.15) is 0 Å². The molecule has 0 saturated heterocycles. The molecule has 2 aromatic carbocycles. The Balaban J connectivity index is 0.000000360. The molecule has 0 heterocycles. The molecule has 2 aromatic rings. The first-order valence-corrected chi connectivity index (χ1v) is 13.5. The third-order valence-corrected chi connectivity index (χ3v) is 6.52. The molecular weight excluding hydrogens is 448 g/mol. The van der Waals surface area contributed by atoms with Crippen molar-refractivity contribution in [3.05, 3.63) is 69.8 Å². The number of ether oxygens (including phenoxy) is 2. The van der Waals surface area contributed by atoms with E-state index in [0.717, 1.165) is 38.5 Å². The second-order valence-electron chi connectivity index (χ2n) is 10.1. The van der Waals surface area contributed by atoms with Crippen LogP contribution in [-0.4, -0.2) is 25.2 Å².